The van der Waals surface area contributed by atoms with Crippen LogP contribution in [0.3, 0.4) is 0 Å². The Morgan fingerprint density at radius 3 is 2.46 bits per heavy atom. The van der Waals surface area contributed by atoms with Gasteiger partial charge in [-0.1, -0.05) is 31.4 Å². The maximum atomic E-state index is 12.4. The molecule has 1 aliphatic rings. The van der Waals surface area contributed by atoms with Gasteiger partial charge in [0.2, 0.25) is 11.8 Å². The van der Waals surface area contributed by atoms with Crippen molar-refractivity contribution in [3.8, 4) is 5.75 Å². The molecule has 0 aromatic heterocycles. The number of hydrogen-bond donors (Lipinski definition) is 2. The van der Waals surface area contributed by atoms with Crippen molar-refractivity contribution in [2.45, 2.75) is 37.0 Å². The Morgan fingerprint density at radius 1 is 1.00 bits per heavy atom. The van der Waals surface area contributed by atoms with Gasteiger partial charge in [-0.3, -0.25) is 9.59 Å². The smallest absolute Gasteiger partial charge is 0.234 e. The van der Waals surface area contributed by atoms with Gasteiger partial charge in [-0.15, -0.1) is 11.8 Å². The number of amides is 2. The van der Waals surface area contributed by atoms with Crippen molar-refractivity contribution in [2.24, 2.45) is 5.92 Å². The van der Waals surface area contributed by atoms with E-state index in [-0.39, 0.29) is 23.5 Å². The van der Waals surface area contributed by atoms with Crippen LogP contribution in [0.4, 0.5) is 11.4 Å². The van der Waals surface area contributed by atoms with Crippen molar-refractivity contribution in [2.75, 3.05) is 23.5 Å². The van der Waals surface area contributed by atoms with E-state index in [0.29, 0.717) is 11.4 Å². The highest BCUT2D eigenvalue weighted by molar-refractivity contribution is 8.00. The fraction of sp³-hybridized carbons (Fsp3) is 0.364. The number of anilines is 2. The normalized spacial score (nSPS) is 14.3. The number of nitrogens with one attached hydrogen (secondary N) is 2. The van der Waals surface area contributed by atoms with E-state index in [1.54, 1.807) is 13.2 Å². The predicted molar refractivity (Wildman–Crippen MR) is 114 cm³/mol. The molecule has 5 nitrogen and oxygen atoms in total. The Hall–Kier alpha value is -2.47. The van der Waals surface area contributed by atoms with E-state index in [1.165, 1.54) is 18.2 Å². The summed E-state index contributed by atoms with van der Waals surface area (Å²) < 4.78 is 5.16. The maximum Gasteiger partial charge on any atom is 0.234 e. The van der Waals surface area contributed by atoms with Crippen LogP contribution in [-0.4, -0.2) is 24.7 Å². The first kappa shape index (κ1) is 20.3. The van der Waals surface area contributed by atoms with E-state index in [4.69, 9.17) is 4.74 Å². The van der Waals surface area contributed by atoms with Gasteiger partial charge in [-0.2, -0.15) is 0 Å². The van der Waals surface area contributed by atoms with Gasteiger partial charge in [-0.25, -0.2) is 0 Å². The predicted octanol–water partition coefficient (Wildman–Crippen LogP) is 4.94. The molecule has 0 heterocycles. The Labute approximate surface area is 170 Å². The SMILES string of the molecule is COc1cccc(NC(=O)CSc2cccc(NC(=O)C3CCCCC3)c2)c1. The van der Waals surface area contributed by atoms with E-state index < -0.39 is 0 Å². The number of hydrogen-bond acceptors (Lipinski definition) is 4. The number of rotatable bonds is 7. The van der Waals surface area contributed by atoms with Crippen molar-refractivity contribution in [3.05, 3.63) is 48.5 Å². The fourth-order valence-corrected chi connectivity index (χ4v) is 4.07. The molecule has 0 atom stereocenters. The lowest BCUT2D eigenvalue weighted by molar-refractivity contribution is -0.120. The zero-order chi connectivity index (χ0) is 19.8. The molecule has 1 fully saturated rings. The second-order valence-corrected chi connectivity index (χ2v) is 7.97. The summed E-state index contributed by atoms with van der Waals surface area (Å²) in [5, 5.41) is 5.89. The Morgan fingerprint density at radius 2 is 1.71 bits per heavy atom. The molecule has 1 aliphatic carbocycles. The minimum absolute atomic E-state index is 0.0881. The van der Waals surface area contributed by atoms with Gasteiger partial charge < -0.3 is 15.4 Å². The molecule has 2 amide bonds. The van der Waals surface area contributed by atoms with Gasteiger partial charge in [-0.05, 0) is 43.2 Å². The van der Waals surface area contributed by atoms with Crippen molar-refractivity contribution < 1.29 is 14.3 Å². The first-order chi connectivity index (χ1) is 13.6. The minimum atomic E-state index is -0.0881. The Balaban J connectivity index is 1.51. The second kappa shape index (κ2) is 10.2. The summed E-state index contributed by atoms with van der Waals surface area (Å²) in [6.45, 7) is 0. The van der Waals surface area contributed by atoms with E-state index in [0.717, 1.165) is 36.3 Å². The van der Waals surface area contributed by atoms with Crippen LogP contribution in [0.2, 0.25) is 0 Å². The number of benzene rings is 2. The van der Waals surface area contributed by atoms with Crippen LogP contribution in [0.5, 0.6) is 5.75 Å². The van der Waals surface area contributed by atoms with Crippen LogP contribution in [0.15, 0.2) is 53.4 Å². The van der Waals surface area contributed by atoms with Gasteiger partial charge in [0.1, 0.15) is 5.75 Å². The van der Waals surface area contributed by atoms with Crippen molar-refractivity contribution in [3.63, 3.8) is 0 Å². The van der Waals surface area contributed by atoms with E-state index in [9.17, 15) is 9.59 Å². The van der Waals surface area contributed by atoms with E-state index in [1.807, 2.05) is 42.5 Å². The number of thioether (sulfide) groups is 1. The van der Waals surface area contributed by atoms with Gasteiger partial charge >= 0.3 is 0 Å². The molecule has 0 unspecified atom stereocenters. The van der Waals surface area contributed by atoms with Crippen molar-refractivity contribution >= 4 is 35.0 Å². The molecular weight excluding hydrogens is 372 g/mol. The van der Waals surface area contributed by atoms with Crippen LogP contribution >= 0.6 is 11.8 Å². The van der Waals surface area contributed by atoms with E-state index >= 15 is 0 Å². The molecule has 6 heteroatoms. The average Bonchev–Trinajstić information content (AvgIpc) is 2.73. The molecule has 2 aromatic carbocycles. The molecule has 2 N–H and O–H groups in total. The quantitative estimate of drug-likeness (QED) is 0.648. The summed E-state index contributed by atoms with van der Waals surface area (Å²) in [5.74, 6) is 1.13. The first-order valence-corrected chi connectivity index (χ1v) is 10.6. The number of ether oxygens (including phenoxy) is 1. The van der Waals surface area contributed by atoms with Gasteiger partial charge in [0.05, 0.1) is 12.9 Å². The first-order valence-electron chi connectivity index (χ1n) is 9.61. The maximum absolute atomic E-state index is 12.4. The van der Waals surface area contributed by atoms with Crippen LogP contribution < -0.4 is 15.4 Å². The Kier molecular flexibility index (Phi) is 7.37. The van der Waals surface area contributed by atoms with Crippen molar-refractivity contribution in [1.29, 1.82) is 0 Å². The topological polar surface area (TPSA) is 67.4 Å². The zero-order valence-corrected chi connectivity index (χ0v) is 16.9. The molecule has 0 aliphatic heterocycles. The van der Waals surface area contributed by atoms with Gasteiger partial charge in [0.25, 0.3) is 0 Å². The lowest BCUT2D eigenvalue weighted by Crippen LogP contribution is -2.24. The van der Waals surface area contributed by atoms with Crippen LogP contribution in [0, 0.1) is 5.92 Å². The third-order valence-electron chi connectivity index (χ3n) is 4.80. The standard InChI is InChI=1S/C22H26N2O3S/c1-27-19-11-5-9-17(13-19)23-21(25)15-28-20-12-6-10-18(14-20)24-22(26)16-7-3-2-4-8-16/h5-6,9-14,16H,2-4,7-8,15H2,1H3,(H,23,25)(H,24,26). The summed E-state index contributed by atoms with van der Waals surface area (Å²) in [6, 6.07) is 14.9. The van der Waals surface area contributed by atoms with Crippen molar-refractivity contribution in [1.82, 2.24) is 0 Å². The molecule has 148 valence electrons. The summed E-state index contributed by atoms with van der Waals surface area (Å²) in [4.78, 5) is 25.6. The lowest BCUT2D eigenvalue weighted by atomic mass is 9.88. The summed E-state index contributed by atoms with van der Waals surface area (Å²) in [7, 11) is 1.59. The van der Waals surface area contributed by atoms with Crippen LogP contribution in [0.25, 0.3) is 0 Å². The molecule has 0 spiro atoms. The average molecular weight is 399 g/mol. The third-order valence-corrected chi connectivity index (χ3v) is 5.79. The highest BCUT2D eigenvalue weighted by atomic mass is 32.2. The molecule has 2 aromatic rings. The van der Waals surface area contributed by atoms with Gasteiger partial charge in [0.15, 0.2) is 0 Å². The summed E-state index contributed by atoms with van der Waals surface area (Å²) >= 11 is 1.44. The van der Waals surface area contributed by atoms with Crippen LogP contribution in [-0.2, 0) is 9.59 Å². The fourth-order valence-electron chi connectivity index (χ4n) is 3.32. The largest absolute Gasteiger partial charge is 0.497 e. The molecule has 0 bridgehead atoms. The minimum Gasteiger partial charge on any atom is -0.497 e. The molecular formula is C22H26N2O3S. The highest BCUT2D eigenvalue weighted by Gasteiger charge is 2.21. The zero-order valence-electron chi connectivity index (χ0n) is 16.1. The summed E-state index contributed by atoms with van der Waals surface area (Å²) in [5.41, 5.74) is 1.49. The highest BCUT2D eigenvalue weighted by Crippen LogP contribution is 2.26. The molecule has 3 rings (SSSR count). The second-order valence-electron chi connectivity index (χ2n) is 6.92. The van der Waals surface area contributed by atoms with Crippen LogP contribution in [0.1, 0.15) is 32.1 Å². The summed E-state index contributed by atoms with van der Waals surface area (Å²) in [6.07, 6.45) is 5.45. The number of methoxy groups -OCH3 is 1. The molecule has 28 heavy (non-hydrogen) atoms. The van der Waals surface area contributed by atoms with Gasteiger partial charge in [0, 0.05) is 28.3 Å². The number of carbonyl (C=O) groups excluding carboxylic acids is 2. The molecule has 1 saturated carbocycles. The third kappa shape index (κ3) is 6.02. The molecule has 0 radical (unpaired) electrons. The lowest BCUT2D eigenvalue weighted by Gasteiger charge is -2.20. The monoisotopic (exact) mass is 398 g/mol. The number of carbonyl (C=O) groups is 2. The Bertz CT molecular complexity index is 819. The molecule has 0 saturated heterocycles. The van der Waals surface area contributed by atoms with E-state index in [2.05, 4.69) is 10.6 Å².